The predicted octanol–water partition coefficient (Wildman–Crippen LogP) is 2.06. The van der Waals surface area contributed by atoms with Crippen LogP contribution in [0.5, 0.6) is 0 Å². The fourth-order valence-corrected chi connectivity index (χ4v) is 2.23. The molecule has 0 saturated carbocycles. The number of nitrogens with one attached hydrogen (secondary N) is 1. The van der Waals surface area contributed by atoms with E-state index in [1.807, 2.05) is 0 Å². The Bertz CT molecular complexity index is 941. The topological polar surface area (TPSA) is 55.6 Å². The molecule has 0 aliphatic rings. The monoisotopic (exact) mass is 294 g/mol. The van der Waals surface area contributed by atoms with Crippen molar-refractivity contribution in [1.82, 2.24) is 19.1 Å². The second-order valence-corrected chi connectivity index (χ2v) is 4.61. The lowest BCUT2D eigenvalue weighted by molar-refractivity contribution is 0.507. The molecule has 1 N–H and O–H groups in total. The Kier molecular flexibility index (Phi) is 2.75. The summed E-state index contributed by atoms with van der Waals surface area (Å²) in [5, 5.41) is 0. The molecule has 3 aromatic rings. The summed E-state index contributed by atoms with van der Waals surface area (Å²) < 4.78 is 29.0. The van der Waals surface area contributed by atoms with Crippen molar-refractivity contribution in [3.05, 3.63) is 51.3 Å². The maximum absolute atomic E-state index is 13.3. The highest BCUT2D eigenvalue weighted by molar-refractivity contribution is 7.71. The first-order valence-electron chi connectivity index (χ1n) is 5.61. The molecule has 0 bridgehead atoms. The minimum atomic E-state index is -1.05. The molecule has 0 amide bonds. The van der Waals surface area contributed by atoms with Crippen molar-refractivity contribution in [2.24, 2.45) is 7.05 Å². The van der Waals surface area contributed by atoms with E-state index >= 15 is 0 Å². The molecule has 0 aliphatic carbocycles. The number of hydrogen-bond donors (Lipinski definition) is 1. The van der Waals surface area contributed by atoms with Gasteiger partial charge in [-0.15, -0.1) is 0 Å². The van der Waals surface area contributed by atoms with E-state index in [0.717, 1.165) is 16.7 Å². The van der Waals surface area contributed by atoms with Gasteiger partial charge in [-0.3, -0.25) is 9.36 Å². The number of rotatable bonds is 1. The van der Waals surface area contributed by atoms with Gasteiger partial charge in [-0.05, 0) is 24.4 Å². The standard InChI is InChI=1S/C12H8F2N4OS/c1-17-5-15-9-10(17)16-12(20)18(11(9)19)6-2-3-7(13)8(14)4-6/h2-5H,1H3,(H,16,20). The van der Waals surface area contributed by atoms with Crippen molar-refractivity contribution < 1.29 is 8.78 Å². The number of benzene rings is 1. The molecule has 2 heterocycles. The molecule has 0 aliphatic heterocycles. The third-order valence-electron chi connectivity index (χ3n) is 2.93. The Labute approximate surface area is 116 Å². The zero-order chi connectivity index (χ0) is 14.4. The molecule has 5 nitrogen and oxygen atoms in total. The Balaban J connectivity index is 2.39. The molecule has 1 aromatic carbocycles. The summed E-state index contributed by atoms with van der Waals surface area (Å²) in [4.78, 5) is 19.2. The van der Waals surface area contributed by atoms with Gasteiger partial charge in [0.15, 0.2) is 21.9 Å². The number of halogens is 2. The quantitative estimate of drug-likeness (QED) is 0.699. The Morgan fingerprint density at radius 2 is 2.05 bits per heavy atom. The van der Waals surface area contributed by atoms with Crippen LogP contribution in [0, 0.1) is 16.4 Å². The molecule has 3 rings (SSSR count). The van der Waals surface area contributed by atoms with Crippen LogP contribution in [-0.4, -0.2) is 19.1 Å². The third-order valence-corrected chi connectivity index (χ3v) is 3.22. The van der Waals surface area contributed by atoms with Crippen molar-refractivity contribution in [2.75, 3.05) is 0 Å². The highest BCUT2D eigenvalue weighted by Gasteiger charge is 2.12. The van der Waals surface area contributed by atoms with Crippen molar-refractivity contribution in [3.63, 3.8) is 0 Å². The van der Waals surface area contributed by atoms with Crippen LogP contribution in [0.2, 0.25) is 0 Å². The van der Waals surface area contributed by atoms with Gasteiger partial charge in [0.2, 0.25) is 0 Å². The molecule has 0 spiro atoms. The van der Waals surface area contributed by atoms with Crippen LogP contribution in [0.25, 0.3) is 16.9 Å². The van der Waals surface area contributed by atoms with Gasteiger partial charge in [-0.25, -0.2) is 13.8 Å². The summed E-state index contributed by atoms with van der Waals surface area (Å²) in [7, 11) is 1.71. The second-order valence-electron chi connectivity index (χ2n) is 4.22. The molecule has 102 valence electrons. The van der Waals surface area contributed by atoms with Crippen molar-refractivity contribution in [3.8, 4) is 5.69 Å². The molecule has 0 atom stereocenters. The lowest BCUT2D eigenvalue weighted by atomic mass is 10.3. The summed E-state index contributed by atoms with van der Waals surface area (Å²) >= 11 is 5.10. The van der Waals surface area contributed by atoms with Gasteiger partial charge in [0, 0.05) is 13.1 Å². The highest BCUT2D eigenvalue weighted by atomic mass is 32.1. The van der Waals surface area contributed by atoms with E-state index in [1.165, 1.54) is 12.4 Å². The van der Waals surface area contributed by atoms with Crippen LogP contribution in [-0.2, 0) is 7.05 Å². The average Bonchev–Trinajstić information content (AvgIpc) is 2.76. The SMILES string of the molecule is Cn1cnc2c(=O)n(-c3ccc(F)c(F)c3)c(=S)[nH]c21. The van der Waals surface area contributed by atoms with Crippen LogP contribution in [0.15, 0.2) is 29.3 Å². The van der Waals surface area contributed by atoms with E-state index in [2.05, 4.69) is 9.97 Å². The lowest BCUT2D eigenvalue weighted by Gasteiger charge is -2.06. The number of nitrogens with zero attached hydrogens (tertiary/aromatic N) is 3. The van der Waals surface area contributed by atoms with Crippen LogP contribution >= 0.6 is 12.2 Å². The van der Waals surface area contributed by atoms with Crippen LogP contribution in [0.4, 0.5) is 8.78 Å². The molecule has 2 aromatic heterocycles. The molecule has 0 unspecified atom stereocenters. The number of aromatic amines is 1. The molecule has 8 heteroatoms. The third kappa shape index (κ3) is 1.76. The zero-order valence-electron chi connectivity index (χ0n) is 10.2. The van der Waals surface area contributed by atoms with Gasteiger partial charge in [0.05, 0.1) is 12.0 Å². The van der Waals surface area contributed by atoms with Gasteiger partial charge >= 0.3 is 0 Å². The van der Waals surface area contributed by atoms with Crippen LogP contribution in [0.1, 0.15) is 0 Å². The summed E-state index contributed by atoms with van der Waals surface area (Å²) in [5.74, 6) is -2.04. The van der Waals surface area contributed by atoms with Crippen molar-refractivity contribution in [2.45, 2.75) is 0 Å². The summed E-state index contributed by atoms with van der Waals surface area (Å²) in [6.07, 6.45) is 1.47. The van der Waals surface area contributed by atoms with Crippen molar-refractivity contribution in [1.29, 1.82) is 0 Å². The van der Waals surface area contributed by atoms with Gasteiger partial charge < -0.3 is 9.55 Å². The summed E-state index contributed by atoms with van der Waals surface area (Å²) in [6.45, 7) is 0. The van der Waals surface area contributed by atoms with Crippen LogP contribution < -0.4 is 5.56 Å². The molecule has 0 fully saturated rings. The molecule has 0 radical (unpaired) electrons. The highest BCUT2D eigenvalue weighted by Crippen LogP contribution is 2.13. The number of imidazole rings is 1. The number of aromatic nitrogens is 4. The Hall–Kier alpha value is -2.35. The minimum Gasteiger partial charge on any atom is -0.320 e. The summed E-state index contributed by atoms with van der Waals surface area (Å²) in [5.41, 5.74) is 0.294. The molecular weight excluding hydrogens is 286 g/mol. The number of hydrogen-bond acceptors (Lipinski definition) is 3. The maximum Gasteiger partial charge on any atom is 0.287 e. The van der Waals surface area contributed by atoms with E-state index in [-0.39, 0.29) is 16.0 Å². The molecule has 20 heavy (non-hydrogen) atoms. The first kappa shape index (κ1) is 12.7. The van der Waals surface area contributed by atoms with E-state index in [0.29, 0.717) is 5.65 Å². The zero-order valence-corrected chi connectivity index (χ0v) is 11.0. The number of aryl methyl sites for hydroxylation is 1. The average molecular weight is 294 g/mol. The van der Waals surface area contributed by atoms with Gasteiger partial charge in [-0.1, -0.05) is 0 Å². The van der Waals surface area contributed by atoms with Gasteiger partial charge in [0.1, 0.15) is 5.65 Å². The minimum absolute atomic E-state index is 0.0807. The molecular formula is C12H8F2N4OS. The predicted molar refractivity (Wildman–Crippen MR) is 71.4 cm³/mol. The van der Waals surface area contributed by atoms with E-state index in [9.17, 15) is 13.6 Å². The van der Waals surface area contributed by atoms with E-state index in [4.69, 9.17) is 12.2 Å². The van der Waals surface area contributed by atoms with E-state index in [1.54, 1.807) is 11.6 Å². The normalized spacial score (nSPS) is 11.2. The van der Waals surface area contributed by atoms with E-state index < -0.39 is 17.2 Å². The van der Waals surface area contributed by atoms with Crippen LogP contribution in [0.3, 0.4) is 0 Å². The first-order valence-corrected chi connectivity index (χ1v) is 6.01. The second kappa shape index (κ2) is 4.34. The number of fused-ring (bicyclic) bond motifs is 1. The van der Waals surface area contributed by atoms with Gasteiger partial charge in [-0.2, -0.15) is 0 Å². The fraction of sp³-hybridized carbons (Fsp3) is 0.0833. The number of H-pyrrole nitrogens is 1. The Morgan fingerprint density at radius 3 is 2.75 bits per heavy atom. The maximum atomic E-state index is 13.3. The smallest absolute Gasteiger partial charge is 0.287 e. The first-order chi connectivity index (χ1) is 9.49. The summed E-state index contributed by atoms with van der Waals surface area (Å²) in [6, 6.07) is 3.13. The lowest BCUT2D eigenvalue weighted by Crippen LogP contribution is -2.21. The Morgan fingerprint density at radius 1 is 1.30 bits per heavy atom. The fourth-order valence-electron chi connectivity index (χ4n) is 1.95. The molecule has 0 saturated heterocycles. The van der Waals surface area contributed by atoms with Gasteiger partial charge in [0.25, 0.3) is 5.56 Å². The largest absolute Gasteiger partial charge is 0.320 e. The van der Waals surface area contributed by atoms with Crippen molar-refractivity contribution >= 4 is 23.4 Å².